The highest BCUT2D eigenvalue weighted by molar-refractivity contribution is 5.21. The second-order valence-corrected chi connectivity index (χ2v) is 12.8. The number of hydrogen-bond acceptors (Lipinski definition) is 2. The molecular weight excluding hydrogens is 356 g/mol. The van der Waals surface area contributed by atoms with Crippen molar-refractivity contribution in [3.63, 3.8) is 0 Å². The van der Waals surface area contributed by atoms with E-state index in [2.05, 4.69) is 34.6 Å². The zero-order chi connectivity index (χ0) is 21.5. The lowest BCUT2D eigenvalue weighted by Crippen LogP contribution is -2.45. The average Bonchev–Trinajstić information content (AvgIpc) is 3.31. The summed E-state index contributed by atoms with van der Waals surface area (Å²) in [5, 5.41) is 11.1. The second kappa shape index (κ2) is 6.96. The molecule has 1 N–H and O–H groups in total. The SMILES string of the molecule is [2H][C@@H]1O[C@@H](O)[C@]23C[C@H]4[C@@H]5CC[C@H]([C@H](C)CCCC(C)C)[C@@]5(C)CC[C@@H]4[C@@]2(C)CC[C@H]13. The summed E-state index contributed by atoms with van der Waals surface area (Å²) in [4.78, 5) is 0. The van der Waals surface area contributed by atoms with Gasteiger partial charge < -0.3 is 9.84 Å². The van der Waals surface area contributed by atoms with E-state index >= 15 is 0 Å². The first-order valence-corrected chi connectivity index (χ1v) is 12.9. The third-order valence-corrected chi connectivity index (χ3v) is 11.5. The van der Waals surface area contributed by atoms with Gasteiger partial charge in [0.2, 0.25) is 0 Å². The van der Waals surface area contributed by atoms with Crippen LogP contribution in [0.4, 0.5) is 0 Å². The third kappa shape index (κ3) is 2.66. The van der Waals surface area contributed by atoms with Crippen LogP contribution < -0.4 is 0 Å². The first kappa shape index (κ1) is 19.6. The zero-order valence-electron chi connectivity index (χ0n) is 20.6. The summed E-state index contributed by atoms with van der Waals surface area (Å²) in [7, 11) is 0. The molecule has 2 nitrogen and oxygen atoms in total. The molecule has 1 aliphatic heterocycles. The molecule has 2 heteroatoms. The summed E-state index contributed by atoms with van der Waals surface area (Å²) < 4.78 is 14.3. The van der Waals surface area contributed by atoms with Gasteiger partial charge >= 0.3 is 0 Å². The lowest BCUT2D eigenvalue weighted by Gasteiger charge is -2.51. The summed E-state index contributed by atoms with van der Waals surface area (Å²) in [6.45, 7) is 11.9. The summed E-state index contributed by atoms with van der Waals surface area (Å²) >= 11 is 0. The number of rotatable bonds is 5. The van der Waals surface area contributed by atoms with Crippen LogP contribution in [0, 0.1) is 57.7 Å². The van der Waals surface area contributed by atoms with Gasteiger partial charge in [0.05, 0.1) is 7.95 Å². The molecule has 0 bridgehead atoms. The number of aliphatic hydroxyl groups excluding tert-OH is 1. The molecule has 0 aromatic carbocycles. The standard InChI is InChI=1S/C27H46O2/c1-17(2)7-6-8-18(3)21-9-10-22-20-15-27-19(16-29-24(27)28)11-14-26(27,5)23(20)12-13-25(21,22)4/h17-24,28H,6-16H2,1-5H3/t18-,19-,20+,21-,22+,23+,24-,25-,26-,27-/m1/s1/i16D/t16-,18+,19+,20-,21+,22-,23-,24+,25+,26+,27+/m0. The largest absolute Gasteiger partial charge is 0.367 e. The van der Waals surface area contributed by atoms with Crippen LogP contribution >= 0.6 is 0 Å². The Balaban J connectivity index is 1.38. The number of fused-ring (bicyclic) bond motifs is 4. The normalized spacial score (nSPS) is 57.3. The molecule has 4 saturated carbocycles. The van der Waals surface area contributed by atoms with Gasteiger partial charge in [-0.05, 0) is 97.2 Å². The monoisotopic (exact) mass is 403 g/mol. The van der Waals surface area contributed by atoms with Crippen molar-refractivity contribution in [2.45, 2.75) is 105 Å². The van der Waals surface area contributed by atoms with E-state index < -0.39 is 12.9 Å². The van der Waals surface area contributed by atoms with Crippen molar-refractivity contribution >= 4 is 0 Å². The van der Waals surface area contributed by atoms with Crippen molar-refractivity contribution < 1.29 is 11.2 Å². The van der Waals surface area contributed by atoms with Crippen LogP contribution in [-0.4, -0.2) is 18.0 Å². The molecule has 166 valence electrons. The van der Waals surface area contributed by atoms with E-state index in [9.17, 15) is 5.11 Å². The fourth-order valence-corrected chi connectivity index (χ4v) is 10.1. The molecule has 0 aromatic rings. The van der Waals surface area contributed by atoms with Gasteiger partial charge in [0, 0.05) is 5.41 Å². The molecule has 0 radical (unpaired) electrons. The first-order valence-electron chi connectivity index (χ1n) is 13.5. The highest BCUT2D eigenvalue weighted by Gasteiger charge is 2.74. The molecule has 0 aromatic heterocycles. The Hall–Kier alpha value is -0.0800. The lowest BCUT2D eigenvalue weighted by atomic mass is 9.54. The maximum atomic E-state index is 11.1. The van der Waals surface area contributed by atoms with E-state index in [1.165, 1.54) is 51.4 Å². The molecule has 11 atom stereocenters. The Morgan fingerprint density at radius 2 is 1.83 bits per heavy atom. The maximum Gasteiger partial charge on any atom is 0.161 e. The van der Waals surface area contributed by atoms with Gasteiger partial charge in [-0.2, -0.15) is 0 Å². The van der Waals surface area contributed by atoms with Crippen LogP contribution in [0.1, 0.15) is 100 Å². The van der Waals surface area contributed by atoms with Gasteiger partial charge in [-0.3, -0.25) is 0 Å². The molecule has 0 unspecified atom stereocenters. The van der Waals surface area contributed by atoms with Gasteiger partial charge in [-0.25, -0.2) is 0 Å². The molecule has 5 fully saturated rings. The van der Waals surface area contributed by atoms with Crippen LogP contribution in [0.2, 0.25) is 0 Å². The van der Waals surface area contributed by atoms with E-state index in [0.29, 0.717) is 5.41 Å². The molecule has 29 heavy (non-hydrogen) atoms. The highest BCUT2D eigenvalue weighted by Crippen LogP contribution is 2.78. The molecule has 0 amide bonds. The lowest BCUT2D eigenvalue weighted by molar-refractivity contribution is -0.151. The van der Waals surface area contributed by atoms with Crippen LogP contribution in [0.25, 0.3) is 0 Å². The topological polar surface area (TPSA) is 29.5 Å². The molecule has 4 aliphatic carbocycles. The Morgan fingerprint density at radius 1 is 1.03 bits per heavy atom. The summed E-state index contributed by atoms with van der Waals surface area (Å²) in [5.74, 6) is 5.10. The average molecular weight is 404 g/mol. The number of aliphatic hydroxyl groups is 1. The summed E-state index contributed by atoms with van der Waals surface area (Å²) in [6, 6.07) is 0. The predicted octanol–water partition coefficient (Wildman–Crippen LogP) is 6.66. The smallest absolute Gasteiger partial charge is 0.161 e. The fourth-order valence-electron chi connectivity index (χ4n) is 10.1. The Labute approximate surface area is 181 Å². The van der Waals surface area contributed by atoms with Crippen molar-refractivity contribution in [1.82, 2.24) is 0 Å². The second-order valence-electron chi connectivity index (χ2n) is 12.8. The molecule has 5 rings (SSSR count). The summed E-state index contributed by atoms with van der Waals surface area (Å²) in [6.07, 6.45) is 12.4. The minimum absolute atomic E-state index is 0.138. The Morgan fingerprint density at radius 3 is 2.59 bits per heavy atom. The van der Waals surface area contributed by atoms with E-state index in [1.807, 2.05) is 0 Å². The van der Waals surface area contributed by atoms with Gasteiger partial charge in [0.1, 0.15) is 0 Å². The van der Waals surface area contributed by atoms with Crippen LogP contribution in [0.5, 0.6) is 0 Å². The van der Waals surface area contributed by atoms with Gasteiger partial charge in [0.25, 0.3) is 0 Å². The Kier molecular flexibility index (Phi) is 4.70. The van der Waals surface area contributed by atoms with Gasteiger partial charge in [-0.15, -0.1) is 0 Å². The maximum absolute atomic E-state index is 11.1. The third-order valence-electron chi connectivity index (χ3n) is 11.5. The van der Waals surface area contributed by atoms with Gasteiger partial charge in [-0.1, -0.05) is 53.9 Å². The molecule has 1 spiro atoms. The fraction of sp³-hybridized carbons (Fsp3) is 1.00. The van der Waals surface area contributed by atoms with E-state index in [0.717, 1.165) is 48.3 Å². The van der Waals surface area contributed by atoms with E-state index in [4.69, 9.17) is 6.11 Å². The zero-order valence-corrected chi connectivity index (χ0v) is 19.6. The first-order chi connectivity index (χ1) is 14.1. The van der Waals surface area contributed by atoms with Crippen molar-refractivity contribution in [2.24, 2.45) is 57.7 Å². The number of hydrogen-bond donors (Lipinski definition) is 1. The van der Waals surface area contributed by atoms with Crippen molar-refractivity contribution in [3.8, 4) is 0 Å². The van der Waals surface area contributed by atoms with Crippen molar-refractivity contribution in [2.75, 3.05) is 6.58 Å². The molecule has 1 saturated heterocycles. The van der Waals surface area contributed by atoms with E-state index in [-0.39, 0.29) is 16.7 Å². The predicted molar refractivity (Wildman–Crippen MR) is 118 cm³/mol. The van der Waals surface area contributed by atoms with Gasteiger partial charge in [0.15, 0.2) is 6.29 Å². The Bertz CT molecular complexity index is 665. The van der Waals surface area contributed by atoms with E-state index in [1.54, 1.807) is 0 Å². The van der Waals surface area contributed by atoms with Crippen LogP contribution in [0.15, 0.2) is 0 Å². The highest BCUT2D eigenvalue weighted by atomic mass is 16.6. The van der Waals surface area contributed by atoms with Crippen LogP contribution in [0.3, 0.4) is 0 Å². The van der Waals surface area contributed by atoms with Crippen molar-refractivity contribution in [1.29, 1.82) is 0 Å². The minimum atomic E-state index is -0.707. The molecule has 5 aliphatic rings. The minimum Gasteiger partial charge on any atom is -0.367 e. The molecule has 1 heterocycles. The van der Waals surface area contributed by atoms with Crippen molar-refractivity contribution in [3.05, 3.63) is 0 Å². The summed E-state index contributed by atoms with van der Waals surface area (Å²) in [5.41, 5.74) is 0.533. The van der Waals surface area contributed by atoms with Crippen LogP contribution in [-0.2, 0) is 4.74 Å². The quantitative estimate of drug-likeness (QED) is 0.556. The number of ether oxygens (including phenoxy) is 1. The molecular formula is C27H46O2.